The van der Waals surface area contributed by atoms with E-state index < -0.39 is 10.0 Å². The number of rotatable bonds is 4. The lowest BCUT2D eigenvalue weighted by Crippen LogP contribution is -2.23. The first-order chi connectivity index (χ1) is 8.99. The van der Waals surface area contributed by atoms with Crippen LogP contribution in [0.3, 0.4) is 0 Å². The molecule has 1 aromatic carbocycles. The molecule has 0 aliphatic rings. The average Bonchev–Trinajstić information content (AvgIpc) is 2.38. The van der Waals surface area contributed by atoms with Crippen LogP contribution >= 0.6 is 0 Å². The molecule has 2 rings (SSSR count). The average molecular weight is 277 g/mol. The SMILES string of the molecule is Cc1cnccc1CNS(=O)(=O)c1cccc(N)c1. The predicted molar refractivity (Wildman–Crippen MR) is 73.9 cm³/mol. The Hall–Kier alpha value is -1.92. The van der Waals surface area contributed by atoms with E-state index in [2.05, 4.69) is 9.71 Å². The maximum absolute atomic E-state index is 12.1. The standard InChI is InChI=1S/C13H15N3O2S/c1-10-8-15-6-5-11(10)9-16-19(17,18)13-4-2-3-12(14)7-13/h2-8,16H,9,14H2,1H3. The fourth-order valence-corrected chi connectivity index (χ4v) is 2.70. The number of nitrogens with zero attached hydrogens (tertiary/aromatic N) is 1. The van der Waals surface area contributed by atoms with Crippen molar-refractivity contribution in [1.29, 1.82) is 0 Å². The minimum atomic E-state index is -3.55. The number of nitrogens with one attached hydrogen (secondary N) is 1. The minimum absolute atomic E-state index is 0.166. The van der Waals surface area contributed by atoms with Gasteiger partial charge in [-0.3, -0.25) is 4.98 Å². The summed E-state index contributed by atoms with van der Waals surface area (Å²) in [6.07, 6.45) is 3.33. The van der Waals surface area contributed by atoms with Gasteiger partial charge in [0.15, 0.2) is 0 Å². The minimum Gasteiger partial charge on any atom is -0.399 e. The molecular weight excluding hydrogens is 262 g/mol. The molecular formula is C13H15N3O2S. The van der Waals surface area contributed by atoms with E-state index in [4.69, 9.17) is 5.73 Å². The Morgan fingerprint density at radius 2 is 2.11 bits per heavy atom. The van der Waals surface area contributed by atoms with E-state index in [0.717, 1.165) is 11.1 Å². The molecule has 0 saturated carbocycles. The van der Waals surface area contributed by atoms with Crippen LogP contribution in [0.5, 0.6) is 0 Å². The molecule has 1 heterocycles. The van der Waals surface area contributed by atoms with E-state index in [0.29, 0.717) is 5.69 Å². The Morgan fingerprint density at radius 1 is 1.32 bits per heavy atom. The summed E-state index contributed by atoms with van der Waals surface area (Å²) in [6.45, 7) is 2.11. The number of nitrogen functional groups attached to an aromatic ring is 1. The molecule has 1 aromatic heterocycles. The van der Waals surface area contributed by atoms with Gasteiger partial charge in [-0.15, -0.1) is 0 Å². The van der Waals surface area contributed by atoms with Crippen LogP contribution in [0.1, 0.15) is 11.1 Å². The van der Waals surface area contributed by atoms with Crippen molar-refractivity contribution >= 4 is 15.7 Å². The van der Waals surface area contributed by atoms with Crippen LogP contribution in [0.25, 0.3) is 0 Å². The summed E-state index contributed by atoms with van der Waals surface area (Å²) in [5.41, 5.74) is 7.84. The molecule has 0 bridgehead atoms. The number of hydrogen-bond acceptors (Lipinski definition) is 4. The van der Waals surface area contributed by atoms with Crippen LogP contribution in [-0.4, -0.2) is 13.4 Å². The first kappa shape index (κ1) is 13.5. The molecule has 100 valence electrons. The Balaban J connectivity index is 2.17. The second kappa shape index (κ2) is 5.38. The summed E-state index contributed by atoms with van der Waals surface area (Å²) in [4.78, 5) is 4.13. The Bertz CT molecular complexity index is 684. The Morgan fingerprint density at radius 3 is 2.79 bits per heavy atom. The Kier molecular flexibility index (Phi) is 3.82. The van der Waals surface area contributed by atoms with Crippen molar-refractivity contribution in [3.8, 4) is 0 Å². The molecule has 3 N–H and O–H groups in total. The number of aromatic nitrogens is 1. The van der Waals surface area contributed by atoms with Gasteiger partial charge >= 0.3 is 0 Å². The van der Waals surface area contributed by atoms with Gasteiger partial charge in [-0.25, -0.2) is 13.1 Å². The number of hydrogen-bond donors (Lipinski definition) is 2. The quantitative estimate of drug-likeness (QED) is 0.828. The lowest BCUT2D eigenvalue weighted by Gasteiger charge is -2.09. The second-order valence-corrected chi connectivity index (χ2v) is 5.97. The normalized spacial score (nSPS) is 11.4. The van der Waals surface area contributed by atoms with Gasteiger partial charge in [-0.05, 0) is 42.3 Å². The highest BCUT2D eigenvalue weighted by molar-refractivity contribution is 7.89. The van der Waals surface area contributed by atoms with Crippen LogP contribution in [0.2, 0.25) is 0 Å². The van der Waals surface area contributed by atoms with E-state index >= 15 is 0 Å². The first-order valence-corrected chi connectivity index (χ1v) is 7.22. The smallest absolute Gasteiger partial charge is 0.240 e. The topological polar surface area (TPSA) is 85.1 Å². The lowest BCUT2D eigenvalue weighted by atomic mass is 10.2. The van der Waals surface area contributed by atoms with Crippen molar-refractivity contribution in [1.82, 2.24) is 9.71 Å². The molecule has 6 heteroatoms. The van der Waals surface area contributed by atoms with E-state index in [9.17, 15) is 8.42 Å². The molecule has 0 radical (unpaired) electrons. The highest BCUT2D eigenvalue weighted by atomic mass is 32.2. The highest BCUT2D eigenvalue weighted by Crippen LogP contribution is 2.13. The monoisotopic (exact) mass is 277 g/mol. The van der Waals surface area contributed by atoms with Crippen LogP contribution in [0, 0.1) is 6.92 Å². The molecule has 0 aliphatic heterocycles. The molecule has 0 atom stereocenters. The fourth-order valence-electron chi connectivity index (χ4n) is 1.64. The number of benzene rings is 1. The summed E-state index contributed by atoms with van der Waals surface area (Å²) >= 11 is 0. The van der Waals surface area contributed by atoms with Crippen LogP contribution < -0.4 is 10.5 Å². The molecule has 0 amide bonds. The van der Waals surface area contributed by atoms with Crippen molar-refractivity contribution in [2.75, 3.05) is 5.73 Å². The molecule has 5 nitrogen and oxygen atoms in total. The third kappa shape index (κ3) is 3.30. The van der Waals surface area contributed by atoms with E-state index in [1.54, 1.807) is 30.6 Å². The first-order valence-electron chi connectivity index (χ1n) is 5.74. The number of pyridine rings is 1. The third-order valence-corrected chi connectivity index (χ3v) is 4.16. The van der Waals surface area contributed by atoms with E-state index in [1.807, 2.05) is 6.92 Å². The van der Waals surface area contributed by atoms with Crippen LogP contribution in [0.4, 0.5) is 5.69 Å². The van der Waals surface area contributed by atoms with Crippen molar-refractivity contribution < 1.29 is 8.42 Å². The number of nitrogens with two attached hydrogens (primary N) is 1. The number of anilines is 1. The number of sulfonamides is 1. The zero-order chi connectivity index (χ0) is 13.9. The molecule has 0 saturated heterocycles. The van der Waals surface area contributed by atoms with Crippen LogP contribution in [0.15, 0.2) is 47.6 Å². The van der Waals surface area contributed by atoms with Gasteiger partial charge in [-0.2, -0.15) is 0 Å². The van der Waals surface area contributed by atoms with Gasteiger partial charge < -0.3 is 5.73 Å². The van der Waals surface area contributed by atoms with Gasteiger partial charge in [0.25, 0.3) is 0 Å². The van der Waals surface area contributed by atoms with E-state index in [1.165, 1.54) is 12.1 Å². The van der Waals surface area contributed by atoms with Gasteiger partial charge in [-0.1, -0.05) is 6.07 Å². The molecule has 0 unspecified atom stereocenters. The van der Waals surface area contributed by atoms with Gasteiger partial charge in [0, 0.05) is 24.6 Å². The molecule has 19 heavy (non-hydrogen) atoms. The van der Waals surface area contributed by atoms with Crippen molar-refractivity contribution in [3.63, 3.8) is 0 Å². The molecule has 0 fully saturated rings. The zero-order valence-electron chi connectivity index (χ0n) is 10.5. The van der Waals surface area contributed by atoms with Crippen molar-refractivity contribution in [2.45, 2.75) is 18.4 Å². The largest absolute Gasteiger partial charge is 0.399 e. The predicted octanol–water partition coefficient (Wildman–Crippen LogP) is 1.45. The summed E-state index contributed by atoms with van der Waals surface area (Å²) in [7, 11) is -3.55. The second-order valence-electron chi connectivity index (χ2n) is 4.20. The summed E-state index contributed by atoms with van der Waals surface area (Å²) < 4.78 is 26.7. The Labute approximate surface area is 112 Å². The van der Waals surface area contributed by atoms with Crippen molar-refractivity contribution in [3.05, 3.63) is 53.9 Å². The molecule has 0 aliphatic carbocycles. The van der Waals surface area contributed by atoms with Crippen molar-refractivity contribution in [2.24, 2.45) is 0 Å². The van der Waals surface area contributed by atoms with Gasteiger partial charge in [0.05, 0.1) is 4.90 Å². The fraction of sp³-hybridized carbons (Fsp3) is 0.154. The lowest BCUT2D eigenvalue weighted by molar-refractivity contribution is 0.581. The third-order valence-electron chi connectivity index (χ3n) is 2.76. The van der Waals surface area contributed by atoms with E-state index in [-0.39, 0.29) is 11.4 Å². The maximum atomic E-state index is 12.1. The number of aryl methyl sites for hydroxylation is 1. The molecule has 2 aromatic rings. The molecule has 0 spiro atoms. The zero-order valence-corrected chi connectivity index (χ0v) is 11.3. The maximum Gasteiger partial charge on any atom is 0.240 e. The summed E-state index contributed by atoms with van der Waals surface area (Å²) in [6, 6.07) is 7.99. The van der Waals surface area contributed by atoms with Crippen LogP contribution in [-0.2, 0) is 16.6 Å². The highest BCUT2D eigenvalue weighted by Gasteiger charge is 2.14. The van der Waals surface area contributed by atoms with Gasteiger partial charge in [0.2, 0.25) is 10.0 Å². The van der Waals surface area contributed by atoms with Gasteiger partial charge in [0.1, 0.15) is 0 Å². The summed E-state index contributed by atoms with van der Waals surface area (Å²) in [5, 5.41) is 0. The summed E-state index contributed by atoms with van der Waals surface area (Å²) in [5.74, 6) is 0.